The van der Waals surface area contributed by atoms with Crippen molar-refractivity contribution < 1.29 is 20.1 Å². The fraction of sp³-hybridized carbons (Fsp3) is 0.567. The van der Waals surface area contributed by atoms with Crippen LogP contribution in [0.2, 0.25) is 0 Å². The van der Waals surface area contributed by atoms with Gasteiger partial charge in [-0.2, -0.15) is 0 Å². The molecule has 0 radical (unpaired) electrons. The molecule has 2 aromatic carbocycles. The Hall–Kier alpha value is -2.53. The summed E-state index contributed by atoms with van der Waals surface area (Å²) in [6.07, 6.45) is 16.8. The van der Waals surface area contributed by atoms with Crippen molar-refractivity contribution >= 4 is 16.7 Å². The minimum atomic E-state index is -0.0206. The zero-order valence-electron chi connectivity index (χ0n) is 21.3. The number of aliphatic hydroxyl groups is 1. The third-order valence-corrected chi connectivity index (χ3v) is 7.28. The van der Waals surface area contributed by atoms with Crippen LogP contribution in [0, 0.1) is 0 Å². The van der Waals surface area contributed by atoms with Gasteiger partial charge in [-0.05, 0) is 19.3 Å². The SMILES string of the molecule is CCCCCCC1C=CC(CCCCCCCC(=O)NCCO)c2c1c(O)c1ccccc1c2O. The lowest BCUT2D eigenvalue weighted by Gasteiger charge is -2.30. The first-order valence-corrected chi connectivity index (χ1v) is 13.6. The summed E-state index contributed by atoms with van der Waals surface area (Å²) in [6.45, 7) is 2.52. The van der Waals surface area contributed by atoms with Gasteiger partial charge in [0.25, 0.3) is 0 Å². The predicted molar refractivity (Wildman–Crippen MR) is 143 cm³/mol. The lowest BCUT2D eigenvalue weighted by Crippen LogP contribution is -2.25. The molecule has 5 heteroatoms. The molecule has 0 aliphatic heterocycles. The van der Waals surface area contributed by atoms with E-state index in [0.29, 0.717) is 24.5 Å². The van der Waals surface area contributed by atoms with Gasteiger partial charge in [0.1, 0.15) is 11.5 Å². The van der Waals surface area contributed by atoms with E-state index in [1.807, 2.05) is 24.3 Å². The Bertz CT molecular complexity index is 984. The number of phenolic OH excluding ortho intramolecular Hbond substituents is 2. The standard InChI is InChI=1S/C30H43NO4/c1-2-3-4-8-13-22-18-19-23(14-9-6-5-7-10-17-26(33)31-20-21-32)28-27(22)29(34)24-15-11-12-16-25(24)30(28)35/h11-12,15-16,18-19,22-23,32,34-35H,2-10,13-14,17,20-21H2,1H3,(H,31,33). The van der Waals surface area contributed by atoms with Crippen molar-refractivity contribution in [1.82, 2.24) is 5.32 Å². The van der Waals surface area contributed by atoms with E-state index < -0.39 is 0 Å². The number of unbranched alkanes of at least 4 members (excludes halogenated alkanes) is 7. The van der Waals surface area contributed by atoms with Gasteiger partial charge in [-0.3, -0.25) is 4.79 Å². The molecule has 1 amide bonds. The van der Waals surface area contributed by atoms with Crippen LogP contribution < -0.4 is 5.32 Å². The van der Waals surface area contributed by atoms with E-state index in [1.54, 1.807) is 0 Å². The highest BCUT2D eigenvalue weighted by atomic mass is 16.3. The zero-order valence-corrected chi connectivity index (χ0v) is 21.3. The first-order chi connectivity index (χ1) is 17.1. The maximum absolute atomic E-state index is 11.6. The topological polar surface area (TPSA) is 89.8 Å². The Morgan fingerprint density at radius 2 is 1.31 bits per heavy atom. The van der Waals surface area contributed by atoms with Crippen LogP contribution in [0.1, 0.15) is 107 Å². The van der Waals surface area contributed by atoms with Crippen molar-refractivity contribution in [3.63, 3.8) is 0 Å². The van der Waals surface area contributed by atoms with E-state index in [-0.39, 0.29) is 24.3 Å². The number of amides is 1. The Kier molecular flexibility index (Phi) is 10.9. The molecule has 1 aliphatic rings. The molecule has 0 heterocycles. The predicted octanol–water partition coefficient (Wildman–Crippen LogP) is 6.80. The van der Waals surface area contributed by atoms with Gasteiger partial charge >= 0.3 is 0 Å². The monoisotopic (exact) mass is 481 g/mol. The van der Waals surface area contributed by atoms with E-state index in [1.165, 1.54) is 19.3 Å². The van der Waals surface area contributed by atoms with Crippen molar-refractivity contribution in [3.05, 3.63) is 47.5 Å². The van der Waals surface area contributed by atoms with Gasteiger partial charge < -0.3 is 20.6 Å². The molecule has 0 spiro atoms. The lowest BCUT2D eigenvalue weighted by atomic mass is 9.75. The molecular formula is C30H43NO4. The summed E-state index contributed by atoms with van der Waals surface area (Å²) in [7, 11) is 0. The molecule has 0 saturated carbocycles. The summed E-state index contributed by atoms with van der Waals surface area (Å²) >= 11 is 0. The van der Waals surface area contributed by atoms with E-state index in [9.17, 15) is 15.0 Å². The van der Waals surface area contributed by atoms with Gasteiger partial charge in [-0.25, -0.2) is 0 Å². The van der Waals surface area contributed by atoms with E-state index in [4.69, 9.17) is 5.11 Å². The number of carbonyl (C=O) groups is 1. The molecule has 192 valence electrons. The van der Waals surface area contributed by atoms with E-state index >= 15 is 0 Å². The molecule has 2 unspecified atom stereocenters. The quantitative estimate of drug-likeness (QED) is 0.128. The van der Waals surface area contributed by atoms with Gasteiger partial charge in [-0.1, -0.05) is 94.7 Å². The molecule has 4 N–H and O–H groups in total. The summed E-state index contributed by atoms with van der Waals surface area (Å²) in [5.74, 6) is 0.926. The van der Waals surface area contributed by atoms with Gasteiger partial charge in [0, 0.05) is 46.7 Å². The number of phenols is 2. The maximum Gasteiger partial charge on any atom is 0.220 e. The Labute approximate surface area is 210 Å². The molecular weight excluding hydrogens is 438 g/mol. The van der Waals surface area contributed by atoms with Crippen LogP contribution in [0.5, 0.6) is 11.5 Å². The van der Waals surface area contributed by atoms with Crippen LogP contribution in [-0.4, -0.2) is 34.4 Å². The molecule has 0 aromatic heterocycles. The van der Waals surface area contributed by atoms with Crippen molar-refractivity contribution in [1.29, 1.82) is 0 Å². The van der Waals surface area contributed by atoms with Crippen LogP contribution in [0.15, 0.2) is 36.4 Å². The highest BCUT2D eigenvalue weighted by molar-refractivity contribution is 5.96. The second kappa shape index (κ2) is 14.1. The van der Waals surface area contributed by atoms with Crippen LogP contribution in [-0.2, 0) is 4.79 Å². The second-order valence-corrected chi connectivity index (χ2v) is 9.90. The average molecular weight is 482 g/mol. The Morgan fingerprint density at radius 3 is 1.86 bits per heavy atom. The highest BCUT2D eigenvalue weighted by Gasteiger charge is 2.30. The molecule has 5 nitrogen and oxygen atoms in total. The van der Waals surface area contributed by atoms with Gasteiger partial charge in [0.05, 0.1) is 6.61 Å². The number of allylic oxidation sites excluding steroid dienone is 2. The molecule has 35 heavy (non-hydrogen) atoms. The molecule has 3 rings (SSSR count). The minimum absolute atomic E-state index is 0.00903. The number of fused-ring (bicyclic) bond motifs is 2. The van der Waals surface area contributed by atoms with Crippen molar-refractivity contribution in [3.8, 4) is 11.5 Å². The third kappa shape index (κ3) is 7.23. The number of aromatic hydroxyl groups is 2. The highest BCUT2D eigenvalue weighted by Crippen LogP contribution is 2.51. The smallest absolute Gasteiger partial charge is 0.220 e. The summed E-state index contributed by atoms with van der Waals surface area (Å²) in [4.78, 5) is 11.6. The first-order valence-electron chi connectivity index (χ1n) is 13.6. The summed E-state index contributed by atoms with van der Waals surface area (Å²) in [5, 5.41) is 35.5. The maximum atomic E-state index is 11.6. The number of rotatable bonds is 15. The zero-order chi connectivity index (χ0) is 25.0. The second-order valence-electron chi connectivity index (χ2n) is 9.90. The number of hydrogen-bond acceptors (Lipinski definition) is 4. The van der Waals surface area contributed by atoms with Gasteiger partial charge in [0.15, 0.2) is 0 Å². The van der Waals surface area contributed by atoms with Crippen molar-refractivity contribution in [2.45, 2.75) is 95.8 Å². The first kappa shape index (κ1) is 27.1. The van der Waals surface area contributed by atoms with E-state index in [0.717, 1.165) is 73.3 Å². The van der Waals surface area contributed by atoms with Gasteiger partial charge in [0.2, 0.25) is 5.91 Å². The van der Waals surface area contributed by atoms with E-state index in [2.05, 4.69) is 24.4 Å². The van der Waals surface area contributed by atoms with Crippen LogP contribution >= 0.6 is 0 Å². The minimum Gasteiger partial charge on any atom is -0.507 e. The fourth-order valence-electron chi connectivity index (χ4n) is 5.39. The molecule has 2 aromatic rings. The number of aliphatic hydroxyl groups excluding tert-OH is 1. The number of carbonyl (C=O) groups excluding carboxylic acids is 1. The molecule has 0 fully saturated rings. The van der Waals surface area contributed by atoms with Crippen LogP contribution in [0.25, 0.3) is 10.8 Å². The number of nitrogens with one attached hydrogen (secondary N) is 1. The molecule has 0 saturated heterocycles. The van der Waals surface area contributed by atoms with Gasteiger partial charge in [-0.15, -0.1) is 0 Å². The Morgan fingerprint density at radius 1 is 0.800 bits per heavy atom. The number of benzene rings is 2. The third-order valence-electron chi connectivity index (χ3n) is 7.28. The lowest BCUT2D eigenvalue weighted by molar-refractivity contribution is -0.121. The molecule has 2 atom stereocenters. The fourth-order valence-corrected chi connectivity index (χ4v) is 5.39. The summed E-state index contributed by atoms with van der Waals surface area (Å²) < 4.78 is 0. The van der Waals surface area contributed by atoms with Crippen LogP contribution in [0.3, 0.4) is 0 Å². The Balaban J connectivity index is 1.63. The van der Waals surface area contributed by atoms with Crippen molar-refractivity contribution in [2.75, 3.05) is 13.2 Å². The average Bonchev–Trinajstić information content (AvgIpc) is 2.88. The van der Waals surface area contributed by atoms with Crippen LogP contribution in [0.4, 0.5) is 0 Å². The summed E-state index contributed by atoms with van der Waals surface area (Å²) in [5.41, 5.74) is 1.85. The largest absolute Gasteiger partial charge is 0.507 e. The number of hydrogen-bond donors (Lipinski definition) is 4. The normalized spacial score (nSPS) is 17.0. The molecule has 0 bridgehead atoms. The molecule has 1 aliphatic carbocycles. The summed E-state index contributed by atoms with van der Waals surface area (Å²) in [6, 6.07) is 7.62. The van der Waals surface area contributed by atoms with Crippen molar-refractivity contribution in [2.24, 2.45) is 0 Å².